The molecule has 0 spiro atoms. The SMILES string of the molecule is COc1ccc(CSc2ccncc2N)c(F)c1. The Balaban J connectivity index is 2.09. The van der Waals surface area contributed by atoms with Gasteiger partial charge in [-0.2, -0.15) is 0 Å². The molecule has 3 nitrogen and oxygen atoms in total. The summed E-state index contributed by atoms with van der Waals surface area (Å²) in [7, 11) is 1.51. The largest absolute Gasteiger partial charge is 0.497 e. The minimum Gasteiger partial charge on any atom is -0.497 e. The van der Waals surface area contributed by atoms with Crippen LogP contribution in [0.4, 0.5) is 10.1 Å². The predicted molar refractivity (Wildman–Crippen MR) is 71.2 cm³/mol. The van der Waals surface area contributed by atoms with Gasteiger partial charge in [0.05, 0.1) is 19.0 Å². The highest BCUT2D eigenvalue weighted by atomic mass is 32.2. The van der Waals surface area contributed by atoms with Crippen molar-refractivity contribution in [3.05, 3.63) is 48.0 Å². The average molecular weight is 264 g/mol. The molecule has 0 aliphatic carbocycles. The number of nitrogen functional groups attached to an aromatic ring is 1. The van der Waals surface area contributed by atoms with E-state index in [1.807, 2.05) is 6.07 Å². The van der Waals surface area contributed by atoms with Crippen molar-refractivity contribution in [2.75, 3.05) is 12.8 Å². The summed E-state index contributed by atoms with van der Waals surface area (Å²) in [4.78, 5) is 4.81. The molecule has 0 atom stereocenters. The van der Waals surface area contributed by atoms with E-state index in [-0.39, 0.29) is 5.82 Å². The number of aromatic nitrogens is 1. The molecular weight excluding hydrogens is 251 g/mol. The van der Waals surface area contributed by atoms with Crippen LogP contribution in [0.5, 0.6) is 5.75 Å². The van der Waals surface area contributed by atoms with Crippen LogP contribution in [0, 0.1) is 5.82 Å². The quantitative estimate of drug-likeness (QED) is 0.862. The number of hydrogen-bond acceptors (Lipinski definition) is 4. The Morgan fingerprint density at radius 3 is 2.89 bits per heavy atom. The van der Waals surface area contributed by atoms with Gasteiger partial charge in [0, 0.05) is 22.9 Å². The predicted octanol–water partition coefficient (Wildman–Crippen LogP) is 3.10. The van der Waals surface area contributed by atoms with E-state index in [9.17, 15) is 4.39 Å². The smallest absolute Gasteiger partial charge is 0.130 e. The molecule has 0 unspecified atom stereocenters. The van der Waals surface area contributed by atoms with Gasteiger partial charge in [0.2, 0.25) is 0 Å². The van der Waals surface area contributed by atoms with E-state index >= 15 is 0 Å². The zero-order chi connectivity index (χ0) is 13.0. The number of ether oxygens (including phenoxy) is 1. The van der Waals surface area contributed by atoms with Gasteiger partial charge in [0.25, 0.3) is 0 Å². The molecule has 0 aliphatic rings. The summed E-state index contributed by atoms with van der Waals surface area (Å²) in [6.45, 7) is 0. The number of pyridine rings is 1. The van der Waals surface area contributed by atoms with Gasteiger partial charge in [-0.3, -0.25) is 4.98 Å². The molecule has 94 valence electrons. The fraction of sp³-hybridized carbons (Fsp3) is 0.154. The van der Waals surface area contributed by atoms with Crippen LogP contribution in [0.25, 0.3) is 0 Å². The van der Waals surface area contributed by atoms with Crippen molar-refractivity contribution in [3.8, 4) is 5.75 Å². The van der Waals surface area contributed by atoms with Crippen LogP contribution in [0.1, 0.15) is 5.56 Å². The zero-order valence-electron chi connectivity index (χ0n) is 9.89. The highest BCUT2D eigenvalue weighted by Gasteiger charge is 2.06. The molecule has 0 saturated carbocycles. The van der Waals surface area contributed by atoms with Crippen LogP contribution in [0.3, 0.4) is 0 Å². The molecule has 0 amide bonds. The van der Waals surface area contributed by atoms with Crippen molar-refractivity contribution in [1.82, 2.24) is 4.98 Å². The lowest BCUT2D eigenvalue weighted by atomic mass is 10.2. The minimum absolute atomic E-state index is 0.269. The molecule has 2 N–H and O–H groups in total. The molecule has 18 heavy (non-hydrogen) atoms. The first kappa shape index (κ1) is 12.7. The average Bonchev–Trinajstić information content (AvgIpc) is 2.39. The maximum absolute atomic E-state index is 13.7. The molecule has 0 radical (unpaired) electrons. The molecule has 0 fully saturated rings. The number of halogens is 1. The number of methoxy groups -OCH3 is 1. The lowest BCUT2D eigenvalue weighted by Crippen LogP contribution is -1.92. The summed E-state index contributed by atoms with van der Waals surface area (Å²) < 4.78 is 18.7. The third-order valence-electron chi connectivity index (χ3n) is 2.45. The third-order valence-corrected chi connectivity index (χ3v) is 3.59. The van der Waals surface area contributed by atoms with Crippen molar-refractivity contribution in [2.45, 2.75) is 10.6 Å². The number of benzene rings is 1. The van der Waals surface area contributed by atoms with Gasteiger partial charge in [-0.25, -0.2) is 4.39 Å². The Morgan fingerprint density at radius 1 is 1.39 bits per heavy atom. The van der Waals surface area contributed by atoms with E-state index in [0.29, 0.717) is 22.8 Å². The van der Waals surface area contributed by atoms with E-state index in [4.69, 9.17) is 10.5 Å². The molecule has 2 rings (SSSR count). The summed E-state index contributed by atoms with van der Waals surface area (Å²) in [5.74, 6) is 0.767. The first-order valence-electron chi connectivity index (χ1n) is 5.35. The Labute approximate surface area is 109 Å². The summed E-state index contributed by atoms with van der Waals surface area (Å²) in [5.41, 5.74) is 7.00. The molecule has 2 aromatic rings. The second-order valence-corrected chi connectivity index (χ2v) is 4.68. The third kappa shape index (κ3) is 2.92. The Kier molecular flexibility index (Phi) is 4.04. The van der Waals surface area contributed by atoms with Crippen LogP contribution in [0.15, 0.2) is 41.6 Å². The maximum Gasteiger partial charge on any atom is 0.130 e. The number of nitrogens with two attached hydrogens (primary N) is 1. The van der Waals surface area contributed by atoms with Crippen molar-refractivity contribution in [1.29, 1.82) is 0 Å². The number of hydrogen-bond donors (Lipinski definition) is 1. The van der Waals surface area contributed by atoms with E-state index in [0.717, 1.165) is 4.90 Å². The molecule has 0 aliphatic heterocycles. The van der Waals surface area contributed by atoms with Crippen LogP contribution < -0.4 is 10.5 Å². The summed E-state index contributed by atoms with van der Waals surface area (Å²) >= 11 is 1.48. The van der Waals surface area contributed by atoms with Crippen LogP contribution >= 0.6 is 11.8 Å². The first-order valence-corrected chi connectivity index (χ1v) is 6.34. The van der Waals surface area contributed by atoms with Crippen molar-refractivity contribution in [2.24, 2.45) is 0 Å². The van der Waals surface area contributed by atoms with E-state index in [2.05, 4.69) is 4.98 Å². The highest BCUT2D eigenvalue weighted by Crippen LogP contribution is 2.28. The minimum atomic E-state index is -0.269. The Bertz CT molecular complexity index is 548. The Morgan fingerprint density at radius 2 is 2.22 bits per heavy atom. The summed E-state index contributed by atoms with van der Waals surface area (Å²) in [6, 6.07) is 6.67. The van der Waals surface area contributed by atoms with E-state index in [1.54, 1.807) is 24.5 Å². The topological polar surface area (TPSA) is 48.1 Å². The van der Waals surface area contributed by atoms with Gasteiger partial charge in [0.1, 0.15) is 11.6 Å². The van der Waals surface area contributed by atoms with Gasteiger partial charge in [-0.05, 0) is 17.7 Å². The van der Waals surface area contributed by atoms with Gasteiger partial charge < -0.3 is 10.5 Å². The number of rotatable bonds is 4. The number of nitrogens with zero attached hydrogens (tertiary/aromatic N) is 1. The maximum atomic E-state index is 13.7. The van der Waals surface area contributed by atoms with Crippen molar-refractivity contribution >= 4 is 17.4 Å². The van der Waals surface area contributed by atoms with Gasteiger partial charge in [-0.15, -0.1) is 11.8 Å². The fourth-order valence-electron chi connectivity index (χ4n) is 1.45. The number of thioether (sulfide) groups is 1. The Hall–Kier alpha value is -1.75. The second-order valence-electron chi connectivity index (χ2n) is 3.66. The molecule has 0 bridgehead atoms. The molecule has 5 heteroatoms. The lowest BCUT2D eigenvalue weighted by molar-refractivity contribution is 0.411. The van der Waals surface area contributed by atoms with Crippen LogP contribution in [0.2, 0.25) is 0 Å². The molecule has 1 aromatic carbocycles. The van der Waals surface area contributed by atoms with E-state index < -0.39 is 0 Å². The molecule has 1 aromatic heterocycles. The van der Waals surface area contributed by atoms with Gasteiger partial charge >= 0.3 is 0 Å². The monoisotopic (exact) mass is 264 g/mol. The van der Waals surface area contributed by atoms with Crippen molar-refractivity contribution in [3.63, 3.8) is 0 Å². The lowest BCUT2D eigenvalue weighted by Gasteiger charge is -2.07. The van der Waals surface area contributed by atoms with E-state index in [1.165, 1.54) is 24.9 Å². The van der Waals surface area contributed by atoms with Gasteiger partial charge in [0.15, 0.2) is 0 Å². The standard InChI is InChI=1S/C13H13FN2OS/c1-17-10-3-2-9(11(14)6-10)8-18-13-4-5-16-7-12(13)15/h2-7H,8,15H2,1H3. The summed E-state index contributed by atoms with van der Waals surface area (Å²) in [5, 5.41) is 0. The van der Waals surface area contributed by atoms with Crippen LogP contribution in [-0.2, 0) is 5.75 Å². The number of anilines is 1. The van der Waals surface area contributed by atoms with Crippen LogP contribution in [-0.4, -0.2) is 12.1 Å². The van der Waals surface area contributed by atoms with Crippen molar-refractivity contribution < 1.29 is 9.13 Å². The molecule has 0 saturated heterocycles. The molecular formula is C13H13FN2OS. The zero-order valence-corrected chi connectivity index (χ0v) is 10.7. The first-order chi connectivity index (χ1) is 8.70. The molecule has 1 heterocycles. The highest BCUT2D eigenvalue weighted by molar-refractivity contribution is 7.98. The van der Waals surface area contributed by atoms with Gasteiger partial charge in [-0.1, -0.05) is 6.07 Å². The fourth-order valence-corrected chi connectivity index (χ4v) is 2.37. The second kappa shape index (κ2) is 5.73. The normalized spacial score (nSPS) is 10.3. The summed E-state index contributed by atoms with van der Waals surface area (Å²) in [6.07, 6.45) is 3.26.